The molecule has 2 N–H and O–H groups in total. The Labute approximate surface area is 204 Å². The SMILES string of the molecule is CNC(C(=O)N(Cc1ccccc1C)[C@@H](C=O)CC(C)C)C1Cc2ccccc2C1.CNC=O. The zero-order valence-electron chi connectivity index (χ0n) is 21.1. The molecular formula is C28H39N3O3. The highest BCUT2D eigenvalue weighted by molar-refractivity contribution is 5.85. The molecule has 1 aliphatic rings. The highest BCUT2D eigenvalue weighted by Gasteiger charge is 2.37. The van der Waals surface area contributed by atoms with Gasteiger partial charge in [-0.3, -0.25) is 9.59 Å². The van der Waals surface area contributed by atoms with Gasteiger partial charge >= 0.3 is 0 Å². The summed E-state index contributed by atoms with van der Waals surface area (Å²) in [7, 11) is 3.42. The maximum absolute atomic E-state index is 13.8. The molecule has 0 aromatic heterocycles. The Morgan fingerprint density at radius 1 is 1.03 bits per heavy atom. The molecule has 6 heteroatoms. The van der Waals surface area contributed by atoms with Crippen LogP contribution in [0.5, 0.6) is 0 Å². The summed E-state index contributed by atoms with van der Waals surface area (Å²) in [6.07, 6.45) is 4.03. The maximum Gasteiger partial charge on any atom is 0.240 e. The van der Waals surface area contributed by atoms with Gasteiger partial charge in [-0.2, -0.15) is 0 Å². The lowest BCUT2D eigenvalue weighted by Gasteiger charge is -2.35. The number of nitrogens with one attached hydrogen (secondary N) is 2. The average Bonchev–Trinajstić information content (AvgIpc) is 3.26. The van der Waals surface area contributed by atoms with Gasteiger partial charge in [0.2, 0.25) is 12.3 Å². The summed E-state index contributed by atoms with van der Waals surface area (Å²) in [6, 6.07) is 15.8. The first-order chi connectivity index (χ1) is 16.4. The Kier molecular flexibility index (Phi) is 10.9. The van der Waals surface area contributed by atoms with E-state index in [2.05, 4.69) is 61.7 Å². The summed E-state index contributed by atoms with van der Waals surface area (Å²) in [4.78, 5) is 36.7. The van der Waals surface area contributed by atoms with Gasteiger partial charge in [0.05, 0.1) is 12.1 Å². The van der Waals surface area contributed by atoms with Gasteiger partial charge in [0.15, 0.2) is 0 Å². The van der Waals surface area contributed by atoms with Gasteiger partial charge in [0.1, 0.15) is 6.29 Å². The number of likely N-dealkylation sites (N-methyl/N-ethyl adjacent to an activating group) is 1. The van der Waals surface area contributed by atoms with E-state index in [0.717, 1.165) is 30.3 Å². The van der Waals surface area contributed by atoms with E-state index in [4.69, 9.17) is 4.79 Å². The predicted octanol–water partition coefficient (Wildman–Crippen LogP) is 3.30. The minimum absolute atomic E-state index is 0.0244. The summed E-state index contributed by atoms with van der Waals surface area (Å²) < 4.78 is 0. The van der Waals surface area contributed by atoms with Gasteiger partial charge < -0.3 is 20.3 Å². The predicted molar refractivity (Wildman–Crippen MR) is 136 cm³/mol. The fraction of sp³-hybridized carbons (Fsp3) is 0.464. The molecule has 2 aromatic carbocycles. The number of nitrogens with zero attached hydrogens (tertiary/aromatic N) is 1. The zero-order valence-corrected chi connectivity index (χ0v) is 21.1. The second kappa shape index (κ2) is 13.7. The van der Waals surface area contributed by atoms with Gasteiger partial charge in [-0.1, -0.05) is 62.4 Å². The zero-order chi connectivity index (χ0) is 25.1. The number of aldehydes is 1. The third-order valence-corrected chi connectivity index (χ3v) is 6.40. The number of benzene rings is 2. The first-order valence-corrected chi connectivity index (χ1v) is 12.0. The van der Waals surface area contributed by atoms with Gasteiger partial charge in [0.25, 0.3) is 0 Å². The van der Waals surface area contributed by atoms with Gasteiger partial charge in [-0.15, -0.1) is 0 Å². The number of carbonyl (C=O) groups is 3. The van der Waals surface area contributed by atoms with Crippen LogP contribution in [0.3, 0.4) is 0 Å². The van der Waals surface area contributed by atoms with E-state index in [1.807, 2.05) is 25.2 Å². The van der Waals surface area contributed by atoms with Crippen LogP contribution in [-0.2, 0) is 33.8 Å². The molecule has 0 radical (unpaired) electrons. The van der Waals surface area contributed by atoms with Crippen LogP contribution in [0.1, 0.15) is 42.5 Å². The van der Waals surface area contributed by atoms with Gasteiger partial charge in [-0.25, -0.2) is 0 Å². The van der Waals surface area contributed by atoms with Crippen molar-refractivity contribution in [2.75, 3.05) is 14.1 Å². The molecule has 3 rings (SSSR count). The maximum atomic E-state index is 13.8. The van der Waals surface area contributed by atoms with E-state index in [1.54, 1.807) is 11.9 Å². The van der Waals surface area contributed by atoms with E-state index >= 15 is 0 Å². The van der Waals surface area contributed by atoms with Crippen molar-refractivity contribution >= 4 is 18.6 Å². The lowest BCUT2D eigenvalue weighted by molar-refractivity contribution is -0.140. The van der Waals surface area contributed by atoms with Crippen LogP contribution in [0.25, 0.3) is 0 Å². The average molecular weight is 466 g/mol. The highest BCUT2D eigenvalue weighted by atomic mass is 16.2. The van der Waals surface area contributed by atoms with E-state index in [9.17, 15) is 9.59 Å². The largest absolute Gasteiger partial charge is 0.362 e. The molecule has 2 amide bonds. The van der Waals surface area contributed by atoms with E-state index < -0.39 is 6.04 Å². The van der Waals surface area contributed by atoms with Crippen molar-refractivity contribution in [3.05, 3.63) is 70.8 Å². The smallest absolute Gasteiger partial charge is 0.240 e. The van der Waals surface area contributed by atoms with Crippen molar-refractivity contribution in [1.82, 2.24) is 15.5 Å². The Morgan fingerprint density at radius 2 is 1.59 bits per heavy atom. The molecule has 0 fully saturated rings. The molecule has 1 aliphatic carbocycles. The Hall–Kier alpha value is -2.99. The third kappa shape index (κ3) is 7.26. The highest BCUT2D eigenvalue weighted by Crippen LogP contribution is 2.30. The van der Waals surface area contributed by atoms with E-state index in [1.165, 1.54) is 11.1 Å². The van der Waals surface area contributed by atoms with Crippen LogP contribution in [0.15, 0.2) is 48.5 Å². The number of aryl methyl sites for hydroxylation is 1. The molecule has 1 unspecified atom stereocenters. The van der Waals surface area contributed by atoms with Crippen molar-refractivity contribution in [2.24, 2.45) is 11.8 Å². The van der Waals surface area contributed by atoms with E-state index in [0.29, 0.717) is 25.3 Å². The third-order valence-electron chi connectivity index (χ3n) is 6.40. The number of fused-ring (bicyclic) bond motifs is 1. The molecule has 0 heterocycles. The molecule has 6 nitrogen and oxygen atoms in total. The first-order valence-electron chi connectivity index (χ1n) is 12.0. The summed E-state index contributed by atoms with van der Waals surface area (Å²) in [6.45, 7) is 6.70. The summed E-state index contributed by atoms with van der Waals surface area (Å²) in [5, 5.41) is 5.53. The Bertz CT molecular complexity index is 919. The van der Waals surface area contributed by atoms with Crippen LogP contribution in [-0.4, -0.2) is 49.7 Å². The lowest BCUT2D eigenvalue weighted by Crippen LogP contribution is -2.53. The molecule has 0 saturated carbocycles. The van der Waals surface area contributed by atoms with Crippen LogP contribution in [0.4, 0.5) is 0 Å². The molecule has 0 aliphatic heterocycles. The number of amides is 2. The van der Waals surface area contributed by atoms with Crippen LogP contribution < -0.4 is 10.6 Å². The fourth-order valence-electron chi connectivity index (χ4n) is 4.64. The Balaban J connectivity index is 0.000000945. The number of rotatable bonds is 10. The van der Waals surface area contributed by atoms with Crippen molar-refractivity contribution in [1.29, 1.82) is 0 Å². The fourth-order valence-corrected chi connectivity index (χ4v) is 4.64. The molecule has 184 valence electrons. The second-order valence-corrected chi connectivity index (χ2v) is 9.34. The minimum Gasteiger partial charge on any atom is -0.362 e. The van der Waals surface area contributed by atoms with Crippen molar-refractivity contribution in [2.45, 2.75) is 58.7 Å². The van der Waals surface area contributed by atoms with Gasteiger partial charge in [0, 0.05) is 13.6 Å². The quantitative estimate of drug-likeness (QED) is 0.528. The molecule has 34 heavy (non-hydrogen) atoms. The molecule has 0 saturated heterocycles. The van der Waals surface area contributed by atoms with Crippen molar-refractivity contribution in [3.63, 3.8) is 0 Å². The van der Waals surface area contributed by atoms with Crippen molar-refractivity contribution in [3.8, 4) is 0 Å². The van der Waals surface area contributed by atoms with Crippen LogP contribution in [0, 0.1) is 18.8 Å². The molecular weight excluding hydrogens is 426 g/mol. The van der Waals surface area contributed by atoms with E-state index in [-0.39, 0.29) is 17.9 Å². The molecule has 0 spiro atoms. The van der Waals surface area contributed by atoms with Gasteiger partial charge in [-0.05, 0) is 67.3 Å². The minimum atomic E-state index is -0.420. The molecule has 2 atom stereocenters. The number of hydrogen-bond donors (Lipinski definition) is 2. The summed E-state index contributed by atoms with van der Waals surface area (Å²) >= 11 is 0. The summed E-state index contributed by atoms with van der Waals surface area (Å²) in [5.74, 6) is 0.554. The number of carbonyl (C=O) groups excluding carboxylic acids is 3. The van der Waals surface area contributed by atoms with Crippen LogP contribution in [0.2, 0.25) is 0 Å². The monoisotopic (exact) mass is 465 g/mol. The Morgan fingerprint density at radius 3 is 2.06 bits per heavy atom. The summed E-state index contributed by atoms with van der Waals surface area (Å²) in [5.41, 5.74) is 4.88. The first kappa shape index (κ1) is 27.3. The standard InChI is InChI=1S/C26H34N2O2.C2H5NO/c1-18(2)13-24(17-29)28(16-22-12-6-5-9-19(22)3)26(30)25(27-4)23-14-20-10-7-8-11-21(20)15-23;1-3-2-4/h5-12,17-18,23-25,27H,13-16H2,1-4H3;2H,1H3,(H,3,4)/t24-,25?;/m1./s1. The second-order valence-electron chi connectivity index (χ2n) is 9.34. The topological polar surface area (TPSA) is 78.5 Å². The van der Waals surface area contributed by atoms with Crippen molar-refractivity contribution < 1.29 is 14.4 Å². The molecule has 2 aromatic rings. The normalized spacial score (nSPS) is 14.4. The lowest BCUT2D eigenvalue weighted by atomic mass is 9.93. The number of hydrogen-bond acceptors (Lipinski definition) is 4. The molecule has 0 bridgehead atoms. The van der Waals surface area contributed by atoms with Crippen LogP contribution >= 0.6 is 0 Å².